The maximum Gasteiger partial charge on any atom is 0.163 e. The van der Waals surface area contributed by atoms with Gasteiger partial charge in [0.05, 0.1) is 10.5 Å². The van der Waals surface area contributed by atoms with E-state index in [2.05, 4.69) is 9.80 Å². The van der Waals surface area contributed by atoms with Crippen LogP contribution in [0.15, 0.2) is 18.2 Å². The number of hydrogen-bond donors (Lipinski definition) is 1. The standard InChI is InChI=1S/C15H21F2N3S/c1-15(2,14(18)21)20-8-6-19(7-9-20)10-11-4-3-5-12(16)13(11)17/h3-5H,6-10H2,1-2H3,(H2,18,21). The van der Waals surface area contributed by atoms with Crippen LogP contribution in [0.5, 0.6) is 0 Å². The van der Waals surface area contributed by atoms with Gasteiger partial charge in [0.1, 0.15) is 0 Å². The zero-order valence-corrected chi connectivity index (χ0v) is 13.2. The van der Waals surface area contributed by atoms with Gasteiger partial charge >= 0.3 is 0 Å². The smallest absolute Gasteiger partial charge is 0.163 e. The maximum atomic E-state index is 13.7. The zero-order chi connectivity index (χ0) is 15.6. The van der Waals surface area contributed by atoms with Crippen LogP contribution >= 0.6 is 12.2 Å². The Kier molecular flexibility index (Phi) is 4.91. The fourth-order valence-electron chi connectivity index (χ4n) is 2.53. The second-order valence-electron chi connectivity index (χ2n) is 5.90. The van der Waals surface area contributed by atoms with E-state index in [9.17, 15) is 8.78 Å². The van der Waals surface area contributed by atoms with Crippen molar-refractivity contribution in [2.45, 2.75) is 25.9 Å². The molecule has 1 aromatic rings. The summed E-state index contributed by atoms with van der Waals surface area (Å²) in [6, 6.07) is 4.31. The minimum atomic E-state index is -0.791. The molecule has 0 aliphatic carbocycles. The molecule has 1 aromatic carbocycles. The van der Waals surface area contributed by atoms with Gasteiger partial charge in [0.15, 0.2) is 11.6 Å². The predicted molar refractivity (Wildman–Crippen MR) is 84.1 cm³/mol. The highest BCUT2D eigenvalue weighted by Gasteiger charge is 2.32. The summed E-state index contributed by atoms with van der Waals surface area (Å²) in [4.78, 5) is 4.82. The lowest BCUT2D eigenvalue weighted by atomic mass is 10.0. The Balaban J connectivity index is 1.96. The highest BCUT2D eigenvalue weighted by Crippen LogP contribution is 2.19. The van der Waals surface area contributed by atoms with Crippen molar-refractivity contribution in [3.05, 3.63) is 35.4 Å². The summed E-state index contributed by atoms with van der Waals surface area (Å²) >= 11 is 5.11. The van der Waals surface area contributed by atoms with Crippen molar-refractivity contribution in [3.8, 4) is 0 Å². The molecule has 6 heteroatoms. The number of nitrogens with two attached hydrogens (primary N) is 1. The molecule has 2 N–H and O–H groups in total. The van der Waals surface area contributed by atoms with Gasteiger partial charge in [-0.3, -0.25) is 9.80 Å². The molecule has 0 amide bonds. The van der Waals surface area contributed by atoms with E-state index in [4.69, 9.17) is 18.0 Å². The Morgan fingerprint density at radius 3 is 2.43 bits per heavy atom. The second-order valence-corrected chi connectivity index (χ2v) is 6.34. The Morgan fingerprint density at radius 1 is 1.24 bits per heavy atom. The molecule has 0 aromatic heterocycles. The molecule has 1 aliphatic heterocycles. The van der Waals surface area contributed by atoms with Gasteiger partial charge in [-0.05, 0) is 19.9 Å². The zero-order valence-electron chi connectivity index (χ0n) is 12.4. The lowest BCUT2D eigenvalue weighted by Gasteiger charge is -2.43. The SMILES string of the molecule is CC(C)(C(N)=S)N1CCN(Cc2cccc(F)c2F)CC1. The van der Waals surface area contributed by atoms with Crippen LogP contribution in [-0.4, -0.2) is 46.5 Å². The van der Waals surface area contributed by atoms with Crippen LogP contribution in [0.4, 0.5) is 8.78 Å². The third-order valence-electron chi connectivity index (χ3n) is 4.19. The Labute approximate surface area is 129 Å². The summed E-state index contributed by atoms with van der Waals surface area (Å²) in [6.07, 6.45) is 0. The fraction of sp³-hybridized carbons (Fsp3) is 0.533. The lowest BCUT2D eigenvalue weighted by molar-refractivity contribution is 0.0814. The van der Waals surface area contributed by atoms with Gasteiger partial charge in [-0.1, -0.05) is 24.4 Å². The Hall–Kier alpha value is -1.11. The molecule has 1 fully saturated rings. The summed E-state index contributed by atoms with van der Waals surface area (Å²) in [5, 5.41) is 0. The predicted octanol–water partition coefficient (Wildman–Crippen LogP) is 2.15. The maximum absolute atomic E-state index is 13.7. The number of benzene rings is 1. The summed E-state index contributed by atoms with van der Waals surface area (Å²) in [6.45, 7) is 7.62. The molecule has 0 radical (unpaired) electrons. The first kappa shape index (κ1) is 16.3. The number of halogens is 2. The van der Waals surface area contributed by atoms with E-state index in [1.807, 2.05) is 13.8 Å². The van der Waals surface area contributed by atoms with Crippen molar-refractivity contribution in [1.82, 2.24) is 9.80 Å². The lowest BCUT2D eigenvalue weighted by Crippen LogP contribution is -2.59. The van der Waals surface area contributed by atoms with Crippen LogP contribution < -0.4 is 5.73 Å². The quantitative estimate of drug-likeness (QED) is 0.864. The van der Waals surface area contributed by atoms with Gasteiger partial charge in [-0.15, -0.1) is 0 Å². The van der Waals surface area contributed by atoms with Crippen LogP contribution in [0.2, 0.25) is 0 Å². The molecule has 1 saturated heterocycles. The highest BCUT2D eigenvalue weighted by atomic mass is 32.1. The summed E-state index contributed by atoms with van der Waals surface area (Å²) in [5.74, 6) is -1.54. The number of piperazine rings is 1. The summed E-state index contributed by atoms with van der Waals surface area (Å²) < 4.78 is 26.9. The Morgan fingerprint density at radius 2 is 1.86 bits per heavy atom. The third kappa shape index (κ3) is 3.56. The molecule has 1 heterocycles. The van der Waals surface area contributed by atoms with Crippen molar-refractivity contribution in [2.75, 3.05) is 26.2 Å². The van der Waals surface area contributed by atoms with Gasteiger partial charge in [0.2, 0.25) is 0 Å². The fourth-order valence-corrected chi connectivity index (χ4v) is 2.66. The van der Waals surface area contributed by atoms with Crippen LogP contribution in [0.25, 0.3) is 0 Å². The van der Waals surface area contributed by atoms with E-state index in [0.717, 1.165) is 32.2 Å². The van der Waals surface area contributed by atoms with Crippen molar-refractivity contribution < 1.29 is 8.78 Å². The molecule has 0 unspecified atom stereocenters. The van der Waals surface area contributed by atoms with E-state index in [1.54, 1.807) is 12.1 Å². The van der Waals surface area contributed by atoms with Crippen molar-refractivity contribution in [1.29, 1.82) is 0 Å². The molecule has 116 valence electrons. The molecule has 0 spiro atoms. The number of thiocarbonyl (C=S) groups is 1. The molecular formula is C15H21F2N3S. The van der Waals surface area contributed by atoms with Gasteiger partial charge in [-0.25, -0.2) is 8.78 Å². The topological polar surface area (TPSA) is 32.5 Å². The monoisotopic (exact) mass is 313 g/mol. The largest absolute Gasteiger partial charge is 0.392 e. The van der Waals surface area contributed by atoms with Gasteiger partial charge in [0, 0.05) is 38.3 Å². The highest BCUT2D eigenvalue weighted by molar-refractivity contribution is 7.80. The number of rotatable bonds is 4. The molecule has 0 saturated carbocycles. The molecule has 1 aliphatic rings. The molecule has 0 bridgehead atoms. The van der Waals surface area contributed by atoms with Crippen molar-refractivity contribution in [2.24, 2.45) is 5.73 Å². The van der Waals surface area contributed by atoms with Crippen LogP contribution in [-0.2, 0) is 6.54 Å². The first-order chi connectivity index (χ1) is 9.82. The van der Waals surface area contributed by atoms with E-state index < -0.39 is 11.6 Å². The van der Waals surface area contributed by atoms with Crippen LogP contribution in [0.3, 0.4) is 0 Å². The molecule has 2 rings (SSSR count). The average Bonchev–Trinajstić information content (AvgIpc) is 2.44. The third-order valence-corrected chi connectivity index (χ3v) is 4.69. The van der Waals surface area contributed by atoms with Gasteiger partial charge in [-0.2, -0.15) is 0 Å². The van der Waals surface area contributed by atoms with Gasteiger partial charge < -0.3 is 5.73 Å². The van der Waals surface area contributed by atoms with E-state index in [-0.39, 0.29) is 5.54 Å². The van der Waals surface area contributed by atoms with Crippen LogP contribution in [0.1, 0.15) is 19.4 Å². The van der Waals surface area contributed by atoms with Crippen molar-refractivity contribution in [3.63, 3.8) is 0 Å². The van der Waals surface area contributed by atoms with Crippen molar-refractivity contribution >= 4 is 17.2 Å². The summed E-state index contributed by atoms with van der Waals surface area (Å²) in [7, 11) is 0. The van der Waals surface area contributed by atoms with E-state index >= 15 is 0 Å². The second kappa shape index (κ2) is 6.34. The molecule has 3 nitrogen and oxygen atoms in total. The average molecular weight is 313 g/mol. The van der Waals surface area contributed by atoms with Crippen LogP contribution in [0, 0.1) is 11.6 Å². The number of hydrogen-bond acceptors (Lipinski definition) is 3. The summed E-state index contributed by atoms with van der Waals surface area (Å²) in [5.41, 5.74) is 5.87. The van der Waals surface area contributed by atoms with Gasteiger partial charge in [0.25, 0.3) is 0 Å². The molecule has 0 atom stereocenters. The Bertz CT molecular complexity index is 526. The normalized spacial score (nSPS) is 17.9. The van der Waals surface area contributed by atoms with E-state index in [1.165, 1.54) is 0 Å². The molecule has 21 heavy (non-hydrogen) atoms. The van der Waals surface area contributed by atoms with E-state index in [0.29, 0.717) is 17.1 Å². The first-order valence-corrected chi connectivity index (χ1v) is 7.43. The number of nitrogens with zero attached hydrogens (tertiary/aromatic N) is 2. The minimum Gasteiger partial charge on any atom is -0.392 e. The first-order valence-electron chi connectivity index (χ1n) is 7.02. The molecular weight excluding hydrogens is 292 g/mol. The minimum absolute atomic E-state index is 0.314.